The van der Waals surface area contributed by atoms with E-state index in [1.807, 2.05) is 0 Å². The Morgan fingerprint density at radius 3 is 2.46 bits per heavy atom. The number of rotatable bonds is 8. The number of carbonyl (C=O) groups is 2. The Labute approximate surface area is 158 Å². The molecule has 2 N–H and O–H groups in total. The van der Waals surface area contributed by atoms with E-state index in [-0.39, 0.29) is 16.6 Å². The van der Waals surface area contributed by atoms with Gasteiger partial charge >= 0.3 is 5.97 Å². The van der Waals surface area contributed by atoms with Crippen LogP contribution in [0.4, 0.5) is 0 Å². The predicted molar refractivity (Wildman–Crippen MR) is 101 cm³/mol. The molecule has 1 aromatic rings. The summed E-state index contributed by atoms with van der Waals surface area (Å²) >= 11 is 1.14. The van der Waals surface area contributed by atoms with Crippen LogP contribution >= 0.6 is 11.8 Å². The van der Waals surface area contributed by atoms with Gasteiger partial charge in [0.2, 0.25) is 5.91 Å². The molecule has 0 aromatic heterocycles. The van der Waals surface area contributed by atoms with E-state index in [1.54, 1.807) is 38.1 Å². The first-order chi connectivity index (χ1) is 12.2. The van der Waals surface area contributed by atoms with Crippen LogP contribution in [0.2, 0.25) is 0 Å². The summed E-state index contributed by atoms with van der Waals surface area (Å²) in [5.41, 5.74) is -1.19. The van der Waals surface area contributed by atoms with Gasteiger partial charge in [0.25, 0.3) is 0 Å². The average molecular weight is 400 g/mol. The molecule has 26 heavy (non-hydrogen) atoms. The van der Waals surface area contributed by atoms with Gasteiger partial charge in [-0.1, -0.05) is 31.9 Å². The number of hydrogen-bond donors (Lipinski definition) is 2. The lowest BCUT2D eigenvalue weighted by Crippen LogP contribution is -2.54. The number of amides is 1. The lowest BCUT2D eigenvalue weighted by molar-refractivity contribution is -0.147. The van der Waals surface area contributed by atoms with E-state index in [9.17, 15) is 23.1 Å². The summed E-state index contributed by atoms with van der Waals surface area (Å²) in [6.07, 6.45) is 2.90. The molecule has 1 amide bonds. The highest BCUT2D eigenvalue weighted by atomic mass is 32.2. The number of carbonyl (C=O) groups excluding carboxylic acids is 1. The van der Waals surface area contributed by atoms with Crippen LogP contribution in [0.25, 0.3) is 0 Å². The fourth-order valence-electron chi connectivity index (χ4n) is 3.14. The second-order valence-electron chi connectivity index (χ2n) is 6.61. The van der Waals surface area contributed by atoms with Crippen molar-refractivity contribution in [2.24, 2.45) is 0 Å². The van der Waals surface area contributed by atoms with Crippen molar-refractivity contribution in [1.82, 2.24) is 5.32 Å². The van der Waals surface area contributed by atoms with E-state index in [1.165, 1.54) is 0 Å². The fraction of sp³-hybridized carbons (Fsp3) is 0.556. The Morgan fingerprint density at radius 2 is 1.88 bits per heavy atom. The van der Waals surface area contributed by atoms with Crippen molar-refractivity contribution in [2.45, 2.75) is 66.5 Å². The summed E-state index contributed by atoms with van der Waals surface area (Å²) in [7, 11) is -3.41. The molecule has 6 nitrogen and oxygen atoms in total. The first-order valence-corrected chi connectivity index (χ1v) is 11.3. The quantitative estimate of drug-likeness (QED) is 0.652. The van der Waals surface area contributed by atoms with Crippen LogP contribution in [0.5, 0.6) is 0 Å². The van der Waals surface area contributed by atoms with Crippen LogP contribution in [-0.2, 0) is 19.4 Å². The van der Waals surface area contributed by atoms with Gasteiger partial charge in [-0.05, 0) is 38.3 Å². The maximum Gasteiger partial charge on any atom is 0.329 e. The Hall–Kier alpha value is -1.54. The second kappa shape index (κ2) is 8.43. The maximum atomic E-state index is 12.6. The molecule has 1 aliphatic rings. The van der Waals surface area contributed by atoms with Gasteiger partial charge in [0.15, 0.2) is 9.84 Å². The van der Waals surface area contributed by atoms with Gasteiger partial charge in [-0.3, -0.25) is 4.79 Å². The molecule has 0 spiro atoms. The molecule has 8 heteroatoms. The minimum atomic E-state index is -3.41. The van der Waals surface area contributed by atoms with Gasteiger partial charge in [0.1, 0.15) is 5.54 Å². The van der Waals surface area contributed by atoms with Crippen molar-refractivity contribution in [3.63, 3.8) is 0 Å². The highest BCUT2D eigenvalue weighted by molar-refractivity contribution is 8.01. The van der Waals surface area contributed by atoms with Crippen molar-refractivity contribution in [3.8, 4) is 0 Å². The molecular formula is C18H25NO5S2. The van der Waals surface area contributed by atoms with E-state index < -0.39 is 26.6 Å². The van der Waals surface area contributed by atoms with Crippen LogP contribution < -0.4 is 5.32 Å². The molecule has 0 bridgehead atoms. The molecular weight excluding hydrogens is 374 g/mol. The number of hydrogen-bond acceptors (Lipinski definition) is 5. The Kier molecular flexibility index (Phi) is 6.74. The average Bonchev–Trinajstić information content (AvgIpc) is 3.05. The van der Waals surface area contributed by atoms with Crippen molar-refractivity contribution < 1.29 is 23.1 Å². The summed E-state index contributed by atoms with van der Waals surface area (Å²) in [6, 6.07) is 6.62. The third-order valence-electron chi connectivity index (χ3n) is 4.56. The zero-order valence-corrected chi connectivity index (χ0v) is 16.7. The molecule has 0 radical (unpaired) electrons. The highest BCUT2D eigenvalue weighted by Gasteiger charge is 2.43. The normalized spacial score (nSPS) is 17.6. The molecule has 1 saturated carbocycles. The monoisotopic (exact) mass is 399 g/mol. The van der Waals surface area contributed by atoms with Gasteiger partial charge in [-0.15, -0.1) is 11.8 Å². The molecule has 0 heterocycles. The van der Waals surface area contributed by atoms with E-state index in [0.29, 0.717) is 24.2 Å². The van der Waals surface area contributed by atoms with E-state index in [4.69, 9.17) is 0 Å². The van der Waals surface area contributed by atoms with E-state index in [2.05, 4.69) is 5.32 Å². The number of aliphatic carboxylic acids is 1. The van der Waals surface area contributed by atoms with E-state index in [0.717, 1.165) is 24.6 Å². The summed E-state index contributed by atoms with van der Waals surface area (Å²) in [4.78, 5) is 24.9. The number of thioether (sulfide) groups is 1. The zero-order valence-electron chi connectivity index (χ0n) is 15.0. The van der Waals surface area contributed by atoms with Gasteiger partial charge in [-0.2, -0.15) is 0 Å². The van der Waals surface area contributed by atoms with Crippen molar-refractivity contribution >= 4 is 33.5 Å². The van der Waals surface area contributed by atoms with Gasteiger partial charge in [0, 0.05) is 4.90 Å². The standard InChI is InChI=1S/C18H25NO5S2/c1-3-12-26(23,24)15-9-5-4-8-14(15)25-13(2)16(20)19-18(17(21)22)10-6-7-11-18/h4-5,8-9,13H,3,6-7,10-12H2,1-2H3,(H,19,20)(H,21,22). The molecule has 1 atom stereocenters. The summed E-state index contributed by atoms with van der Waals surface area (Å²) in [5.74, 6) is -1.35. The SMILES string of the molecule is CCCS(=O)(=O)c1ccccc1SC(C)C(=O)NC1(C(=O)O)CCCC1. The summed E-state index contributed by atoms with van der Waals surface area (Å²) < 4.78 is 24.9. The largest absolute Gasteiger partial charge is 0.480 e. The first-order valence-electron chi connectivity index (χ1n) is 8.76. The first kappa shape index (κ1) is 20.8. The number of nitrogens with one attached hydrogen (secondary N) is 1. The minimum Gasteiger partial charge on any atom is -0.480 e. The van der Waals surface area contributed by atoms with Crippen molar-refractivity contribution in [2.75, 3.05) is 5.75 Å². The van der Waals surface area contributed by atoms with Gasteiger partial charge in [0.05, 0.1) is 15.9 Å². The van der Waals surface area contributed by atoms with Crippen LogP contribution in [-0.4, -0.2) is 41.9 Å². The second-order valence-corrected chi connectivity index (χ2v) is 10.1. The zero-order chi connectivity index (χ0) is 19.4. The molecule has 1 unspecified atom stereocenters. The Balaban J connectivity index is 2.16. The minimum absolute atomic E-state index is 0.0489. The third kappa shape index (κ3) is 4.59. The van der Waals surface area contributed by atoms with Crippen LogP contribution in [0.1, 0.15) is 46.0 Å². The van der Waals surface area contributed by atoms with Crippen LogP contribution in [0.3, 0.4) is 0 Å². The molecule has 144 valence electrons. The molecule has 1 aromatic carbocycles. The maximum absolute atomic E-state index is 12.6. The molecule has 1 fully saturated rings. The predicted octanol–water partition coefficient (Wildman–Crippen LogP) is 2.86. The van der Waals surface area contributed by atoms with Crippen molar-refractivity contribution in [1.29, 1.82) is 0 Å². The molecule has 0 saturated heterocycles. The smallest absolute Gasteiger partial charge is 0.329 e. The summed E-state index contributed by atoms with van der Waals surface area (Å²) in [5, 5.41) is 11.6. The lowest BCUT2D eigenvalue weighted by atomic mass is 9.97. The summed E-state index contributed by atoms with van der Waals surface area (Å²) in [6.45, 7) is 3.46. The highest BCUT2D eigenvalue weighted by Crippen LogP contribution is 2.33. The Bertz CT molecular complexity index is 770. The van der Waals surface area contributed by atoms with Crippen LogP contribution in [0.15, 0.2) is 34.1 Å². The number of sulfone groups is 1. The van der Waals surface area contributed by atoms with E-state index >= 15 is 0 Å². The Morgan fingerprint density at radius 1 is 1.27 bits per heavy atom. The van der Waals surface area contributed by atoms with Crippen molar-refractivity contribution in [3.05, 3.63) is 24.3 Å². The van der Waals surface area contributed by atoms with Gasteiger partial charge in [-0.25, -0.2) is 13.2 Å². The number of carboxylic acids is 1. The fourth-order valence-corrected chi connectivity index (χ4v) is 5.97. The topological polar surface area (TPSA) is 101 Å². The number of carboxylic acid groups (broad SMARTS) is 1. The molecule has 1 aliphatic carbocycles. The number of benzene rings is 1. The van der Waals surface area contributed by atoms with Gasteiger partial charge < -0.3 is 10.4 Å². The lowest BCUT2D eigenvalue weighted by Gasteiger charge is -2.27. The molecule has 2 rings (SSSR count). The van der Waals surface area contributed by atoms with Crippen LogP contribution in [0, 0.1) is 0 Å². The molecule has 0 aliphatic heterocycles. The third-order valence-corrected chi connectivity index (χ3v) is 7.84.